The normalized spacial score (nSPS) is 13.2. The molecule has 0 aliphatic rings. The average molecular weight is 389 g/mol. The first kappa shape index (κ1) is 18.4. The molecule has 1 aromatic heterocycles. The number of nitrogens with zero attached hydrogens (tertiary/aromatic N) is 2. The van der Waals surface area contributed by atoms with Gasteiger partial charge in [0, 0.05) is 10.6 Å². The molecule has 0 fully saturated rings. The summed E-state index contributed by atoms with van der Waals surface area (Å²) in [5, 5.41) is 9.93. The van der Waals surface area contributed by atoms with Gasteiger partial charge in [0.1, 0.15) is 6.04 Å². The van der Waals surface area contributed by atoms with Gasteiger partial charge in [0.05, 0.1) is 10.2 Å². The highest BCUT2D eigenvalue weighted by Gasteiger charge is 2.20. The van der Waals surface area contributed by atoms with Crippen molar-refractivity contribution in [2.75, 3.05) is 0 Å². The van der Waals surface area contributed by atoms with Gasteiger partial charge in [-0.05, 0) is 62.2 Å². The van der Waals surface area contributed by atoms with Crippen LogP contribution in [0.5, 0.6) is 0 Å². The Kier molecular flexibility index (Phi) is 4.98. The number of hydrogen-bond acceptors (Lipinski definition) is 3. The average Bonchev–Trinajstić information content (AvgIpc) is 2.91. The zero-order chi connectivity index (χ0) is 19.0. The summed E-state index contributed by atoms with van der Waals surface area (Å²) in [6.07, 6.45) is 0. The maximum atomic E-state index is 12.5. The Morgan fingerprint density at radius 1 is 1.19 bits per heavy atom. The highest BCUT2D eigenvalue weighted by atomic mass is 35.5. The fraction of sp³-hybridized carbons (Fsp3) is 0.211. The van der Waals surface area contributed by atoms with E-state index < -0.39 is 17.9 Å². The third-order valence-electron chi connectivity index (χ3n) is 4.26. The molecule has 1 N–H and O–H groups in total. The van der Waals surface area contributed by atoms with Crippen LogP contribution in [0.2, 0.25) is 5.02 Å². The van der Waals surface area contributed by atoms with E-state index in [-0.39, 0.29) is 0 Å². The topological polar surface area (TPSA) is 71.7 Å². The van der Waals surface area contributed by atoms with Crippen LogP contribution in [0.1, 0.15) is 34.5 Å². The maximum absolute atomic E-state index is 12.5. The second-order valence-corrected chi connectivity index (χ2v) is 7.55. The lowest BCUT2D eigenvalue weighted by Gasteiger charge is -2.11. The van der Waals surface area contributed by atoms with Crippen LogP contribution in [-0.4, -0.2) is 21.6 Å². The van der Waals surface area contributed by atoms with Crippen molar-refractivity contribution in [3.05, 3.63) is 62.9 Å². The molecule has 1 heterocycles. The van der Waals surface area contributed by atoms with Crippen LogP contribution in [0, 0.1) is 13.8 Å². The third kappa shape index (κ3) is 3.43. The first-order valence-electron chi connectivity index (χ1n) is 7.97. The minimum Gasteiger partial charge on any atom is -0.480 e. The van der Waals surface area contributed by atoms with E-state index in [1.54, 1.807) is 35.8 Å². The Bertz CT molecular complexity index is 1100. The summed E-state index contributed by atoms with van der Waals surface area (Å²) in [6, 6.07) is 9.60. The fourth-order valence-electron chi connectivity index (χ4n) is 2.63. The number of carbonyl (C=O) groups excluding carboxylic acids is 1. The van der Waals surface area contributed by atoms with E-state index in [9.17, 15) is 14.7 Å². The lowest BCUT2D eigenvalue weighted by molar-refractivity contribution is -0.140. The Balaban J connectivity index is 2.25. The van der Waals surface area contributed by atoms with Crippen molar-refractivity contribution in [1.29, 1.82) is 0 Å². The SMILES string of the molecule is Cc1cc2sc(=NC(=O)c3cccc(Cl)c3)n(C(C)C(=O)O)c2cc1C. The van der Waals surface area contributed by atoms with Crippen molar-refractivity contribution in [3.63, 3.8) is 0 Å². The van der Waals surface area contributed by atoms with Gasteiger partial charge in [-0.15, -0.1) is 0 Å². The number of aliphatic carboxylic acids is 1. The number of carboxylic acid groups (broad SMARTS) is 1. The van der Waals surface area contributed by atoms with Crippen molar-refractivity contribution < 1.29 is 14.7 Å². The summed E-state index contributed by atoms with van der Waals surface area (Å²) in [7, 11) is 0. The molecule has 0 aliphatic carbocycles. The van der Waals surface area contributed by atoms with Crippen molar-refractivity contribution >= 4 is 45.0 Å². The zero-order valence-corrected chi connectivity index (χ0v) is 16.1. The Labute approximate surface area is 159 Å². The van der Waals surface area contributed by atoms with Crippen LogP contribution in [0.3, 0.4) is 0 Å². The molecule has 0 saturated heterocycles. The predicted molar refractivity (Wildman–Crippen MR) is 103 cm³/mol. The number of aromatic nitrogens is 1. The molecule has 134 valence electrons. The molecule has 0 aliphatic heterocycles. The molecule has 1 unspecified atom stereocenters. The zero-order valence-electron chi connectivity index (χ0n) is 14.5. The lowest BCUT2D eigenvalue weighted by atomic mass is 10.1. The van der Waals surface area contributed by atoms with Crippen LogP contribution < -0.4 is 4.80 Å². The molecule has 0 spiro atoms. The van der Waals surface area contributed by atoms with Crippen molar-refractivity contribution in [2.24, 2.45) is 4.99 Å². The number of benzene rings is 2. The van der Waals surface area contributed by atoms with Gasteiger partial charge in [-0.25, -0.2) is 4.79 Å². The highest BCUT2D eigenvalue weighted by Crippen LogP contribution is 2.25. The molecule has 0 bridgehead atoms. The first-order valence-corrected chi connectivity index (χ1v) is 9.17. The van der Waals surface area contributed by atoms with Crippen LogP contribution in [-0.2, 0) is 4.79 Å². The summed E-state index contributed by atoms with van der Waals surface area (Å²) in [6.45, 7) is 5.54. The second kappa shape index (κ2) is 7.05. The lowest BCUT2D eigenvalue weighted by Crippen LogP contribution is -2.25. The highest BCUT2D eigenvalue weighted by molar-refractivity contribution is 7.16. The summed E-state index contributed by atoms with van der Waals surface area (Å²) in [5.41, 5.74) is 3.26. The molecule has 2 aromatic carbocycles. The third-order valence-corrected chi connectivity index (χ3v) is 5.51. The number of carboxylic acids is 1. The van der Waals surface area contributed by atoms with E-state index in [0.29, 0.717) is 15.4 Å². The van der Waals surface area contributed by atoms with Crippen LogP contribution in [0.4, 0.5) is 0 Å². The standard InChI is InChI=1S/C19H17ClN2O3S/c1-10-7-15-16(8-11(10)2)26-19(22(15)12(3)18(24)25)21-17(23)13-5-4-6-14(20)9-13/h4-9,12H,1-3H3,(H,24,25). The van der Waals surface area contributed by atoms with Gasteiger partial charge in [0.15, 0.2) is 4.80 Å². The number of aryl methyl sites for hydroxylation is 2. The van der Waals surface area contributed by atoms with Crippen molar-refractivity contribution in [3.8, 4) is 0 Å². The fourth-order valence-corrected chi connectivity index (χ4v) is 4.00. The first-order chi connectivity index (χ1) is 12.3. The van der Waals surface area contributed by atoms with Gasteiger partial charge in [-0.3, -0.25) is 4.79 Å². The van der Waals surface area contributed by atoms with Gasteiger partial charge in [-0.2, -0.15) is 4.99 Å². The minimum atomic E-state index is -0.986. The predicted octanol–water partition coefficient (Wildman–Crippen LogP) is 4.36. The summed E-state index contributed by atoms with van der Waals surface area (Å²) in [4.78, 5) is 28.7. The number of carbonyl (C=O) groups is 2. The van der Waals surface area contributed by atoms with Crippen molar-refractivity contribution in [2.45, 2.75) is 26.8 Å². The van der Waals surface area contributed by atoms with Gasteiger partial charge >= 0.3 is 5.97 Å². The number of hydrogen-bond donors (Lipinski definition) is 1. The largest absolute Gasteiger partial charge is 0.480 e. The molecule has 26 heavy (non-hydrogen) atoms. The van der Waals surface area contributed by atoms with E-state index in [1.165, 1.54) is 11.3 Å². The van der Waals surface area contributed by atoms with Gasteiger partial charge in [0.25, 0.3) is 5.91 Å². The van der Waals surface area contributed by atoms with Gasteiger partial charge < -0.3 is 9.67 Å². The van der Waals surface area contributed by atoms with E-state index in [2.05, 4.69) is 4.99 Å². The summed E-state index contributed by atoms with van der Waals surface area (Å²) >= 11 is 7.24. The number of fused-ring (bicyclic) bond motifs is 1. The number of thiazole rings is 1. The molecule has 3 aromatic rings. The second-order valence-electron chi connectivity index (χ2n) is 6.10. The molecular formula is C19H17ClN2O3S. The van der Waals surface area contributed by atoms with Gasteiger partial charge in [-0.1, -0.05) is 29.0 Å². The molecule has 0 saturated carbocycles. The van der Waals surface area contributed by atoms with Crippen LogP contribution in [0.25, 0.3) is 10.2 Å². The van der Waals surface area contributed by atoms with E-state index in [1.807, 2.05) is 26.0 Å². The molecule has 7 heteroatoms. The van der Waals surface area contributed by atoms with Gasteiger partial charge in [0.2, 0.25) is 0 Å². The van der Waals surface area contributed by atoms with E-state index in [4.69, 9.17) is 11.6 Å². The molecule has 5 nitrogen and oxygen atoms in total. The quantitative estimate of drug-likeness (QED) is 0.724. The molecule has 1 atom stereocenters. The number of halogens is 1. The van der Waals surface area contributed by atoms with Crippen LogP contribution >= 0.6 is 22.9 Å². The summed E-state index contributed by atoms with van der Waals surface area (Å²) in [5.74, 6) is -1.45. The Hall–Kier alpha value is -2.44. The van der Waals surface area contributed by atoms with Crippen molar-refractivity contribution in [1.82, 2.24) is 4.57 Å². The number of amides is 1. The van der Waals surface area contributed by atoms with Crippen LogP contribution in [0.15, 0.2) is 41.4 Å². The molecular weight excluding hydrogens is 372 g/mol. The van der Waals surface area contributed by atoms with E-state index in [0.717, 1.165) is 21.3 Å². The molecule has 3 rings (SSSR count). The molecule has 0 radical (unpaired) electrons. The van der Waals surface area contributed by atoms with E-state index >= 15 is 0 Å². The summed E-state index contributed by atoms with van der Waals surface area (Å²) < 4.78 is 2.48. The number of rotatable bonds is 3. The Morgan fingerprint density at radius 2 is 1.88 bits per heavy atom. The monoisotopic (exact) mass is 388 g/mol. The Morgan fingerprint density at radius 3 is 2.54 bits per heavy atom. The molecule has 1 amide bonds. The maximum Gasteiger partial charge on any atom is 0.326 e. The smallest absolute Gasteiger partial charge is 0.326 e. The minimum absolute atomic E-state index is 0.352.